The zero-order valence-corrected chi connectivity index (χ0v) is 37.9. The van der Waals surface area contributed by atoms with E-state index in [2.05, 4.69) is 45.5 Å². The Morgan fingerprint density at radius 3 is 2.15 bits per heavy atom. The van der Waals surface area contributed by atoms with Crippen LogP contribution in [0.1, 0.15) is 25.8 Å². The van der Waals surface area contributed by atoms with Gasteiger partial charge in [0.1, 0.15) is 34.1 Å². The van der Waals surface area contributed by atoms with E-state index in [9.17, 15) is 4.79 Å². The van der Waals surface area contributed by atoms with Gasteiger partial charge in [-0.15, -0.1) is 0 Å². The van der Waals surface area contributed by atoms with Gasteiger partial charge in [0.15, 0.2) is 11.6 Å². The number of nitrogens with zero attached hydrogens (tertiary/aromatic N) is 8. The summed E-state index contributed by atoms with van der Waals surface area (Å²) in [6.07, 6.45) is 10.1. The summed E-state index contributed by atoms with van der Waals surface area (Å²) in [7, 11) is 0. The number of rotatable bonds is 10. The van der Waals surface area contributed by atoms with Crippen LogP contribution in [0.25, 0.3) is 123 Å². The highest BCUT2D eigenvalue weighted by atomic mass is 32.1. The highest BCUT2D eigenvalue weighted by molar-refractivity contribution is 7.09. The molecule has 18 heteroatoms. The van der Waals surface area contributed by atoms with Crippen molar-refractivity contribution in [3.63, 3.8) is 0 Å². The van der Waals surface area contributed by atoms with Gasteiger partial charge in [0.05, 0.1) is 56.1 Å². The standard InChI is InChI=1S/C50H35F2N13OS2/c1-23(2)14-37(66)57-27-15-26(17-54-18-27)29-16-30(43-39(41(29)52)48(65-63-43)50-58-35-7-11-55-42(45(35)60-50)25-9-13-67-20-25)32-21-68-22-33(32)44-46-36(8-12-56-44)59-49(61-46)47-38-34(62-64-47)5-4-28(40(38)51)31-19-53-10-6-24(31)3/h4-13,15-23H,14H2,1-3H3,(H,57,66)(H,58,60)(H,59,61)(H,62,64)(H,63,65). The minimum Gasteiger partial charge on any atom is -0.336 e. The smallest absolute Gasteiger partial charge is 0.224 e. The molecule has 1 amide bonds. The summed E-state index contributed by atoms with van der Waals surface area (Å²) in [5, 5.41) is 26.7. The number of carbonyl (C=O) groups excluding carboxylic acids is 1. The highest BCUT2D eigenvalue weighted by Crippen LogP contribution is 2.45. The third kappa shape index (κ3) is 6.82. The summed E-state index contributed by atoms with van der Waals surface area (Å²) in [5.41, 5.74) is 11.2. The van der Waals surface area contributed by atoms with Gasteiger partial charge in [0.2, 0.25) is 5.91 Å². The van der Waals surface area contributed by atoms with E-state index in [0.717, 1.165) is 16.7 Å². The number of nitrogens with one attached hydrogen (secondary N) is 5. The molecular weight excluding hydrogens is 901 g/mol. The molecule has 12 aromatic rings. The molecule has 0 unspecified atom stereocenters. The van der Waals surface area contributed by atoms with Crippen LogP contribution in [-0.2, 0) is 4.79 Å². The Morgan fingerprint density at radius 2 is 1.38 bits per heavy atom. The summed E-state index contributed by atoms with van der Waals surface area (Å²) in [5.74, 6) is -0.355. The van der Waals surface area contributed by atoms with Crippen LogP contribution >= 0.6 is 22.7 Å². The number of benzene rings is 2. The fraction of sp³-hybridized carbons (Fsp3) is 0.100. The molecule has 0 spiro atoms. The number of aromatic amines is 4. The molecule has 0 saturated carbocycles. The number of fused-ring (bicyclic) bond motifs is 4. The number of aromatic nitrogens is 12. The van der Waals surface area contributed by atoms with Crippen LogP contribution in [-0.4, -0.2) is 66.2 Å². The van der Waals surface area contributed by atoms with Crippen LogP contribution in [0.5, 0.6) is 0 Å². The van der Waals surface area contributed by atoms with Gasteiger partial charge in [0, 0.05) is 92.7 Å². The molecule has 0 radical (unpaired) electrons. The van der Waals surface area contributed by atoms with Crippen LogP contribution in [0.4, 0.5) is 14.5 Å². The van der Waals surface area contributed by atoms with Crippen LogP contribution < -0.4 is 5.32 Å². The van der Waals surface area contributed by atoms with Crippen molar-refractivity contribution in [2.24, 2.45) is 5.92 Å². The summed E-state index contributed by atoms with van der Waals surface area (Å²) in [6.45, 7) is 5.84. The van der Waals surface area contributed by atoms with E-state index in [-0.39, 0.29) is 33.9 Å². The van der Waals surface area contributed by atoms with Crippen molar-refractivity contribution in [1.29, 1.82) is 0 Å². The van der Waals surface area contributed by atoms with Gasteiger partial charge in [-0.3, -0.25) is 34.9 Å². The molecule has 10 heterocycles. The van der Waals surface area contributed by atoms with Crippen molar-refractivity contribution >= 4 is 78.1 Å². The van der Waals surface area contributed by atoms with E-state index < -0.39 is 11.6 Å². The molecule has 2 aromatic carbocycles. The van der Waals surface area contributed by atoms with Crippen molar-refractivity contribution in [1.82, 2.24) is 60.3 Å². The summed E-state index contributed by atoms with van der Waals surface area (Å²) in [4.78, 5) is 47.7. The van der Waals surface area contributed by atoms with Crippen molar-refractivity contribution in [2.45, 2.75) is 27.2 Å². The maximum Gasteiger partial charge on any atom is 0.224 e. The second-order valence-corrected chi connectivity index (χ2v) is 18.3. The van der Waals surface area contributed by atoms with Gasteiger partial charge < -0.3 is 15.3 Å². The second-order valence-electron chi connectivity index (χ2n) is 16.8. The van der Waals surface area contributed by atoms with Gasteiger partial charge in [-0.05, 0) is 77.7 Å². The number of H-pyrrole nitrogens is 4. The van der Waals surface area contributed by atoms with E-state index in [1.54, 1.807) is 72.7 Å². The van der Waals surface area contributed by atoms with Gasteiger partial charge in [0.25, 0.3) is 0 Å². The average molecular weight is 936 g/mol. The fourth-order valence-corrected chi connectivity index (χ4v) is 10.3. The number of imidazole rings is 2. The van der Waals surface area contributed by atoms with E-state index in [0.29, 0.717) is 102 Å². The second kappa shape index (κ2) is 16.2. The maximum atomic E-state index is 17.6. The molecule has 0 aliphatic carbocycles. The summed E-state index contributed by atoms with van der Waals surface area (Å²) >= 11 is 3.00. The number of amides is 1. The average Bonchev–Trinajstić information content (AvgIpc) is 4.19. The molecule has 0 aliphatic heterocycles. The van der Waals surface area contributed by atoms with E-state index in [1.807, 2.05) is 60.5 Å². The molecule has 14 nitrogen and oxygen atoms in total. The first-order valence-corrected chi connectivity index (χ1v) is 23.4. The molecule has 332 valence electrons. The number of hydrogen-bond donors (Lipinski definition) is 5. The summed E-state index contributed by atoms with van der Waals surface area (Å²) < 4.78 is 34.2. The zero-order chi connectivity index (χ0) is 46.2. The monoisotopic (exact) mass is 935 g/mol. The Hall–Kier alpha value is -8.35. The topological polar surface area (TPSA) is 195 Å². The fourth-order valence-electron chi connectivity index (χ4n) is 8.79. The molecule has 12 rings (SSSR count). The van der Waals surface area contributed by atoms with Crippen LogP contribution in [0, 0.1) is 24.5 Å². The molecule has 0 atom stereocenters. The number of halogens is 2. The minimum atomic E-state index is -0.564. The molecule has 68 heavy (non-hydrogen) atoms. The number of pyridine rings is 4. The lowest BCUT2D eigenvalue weighted by Crippen LogP contribution is -2.14. The quantitative estimate of drug-likeness (QED) is 0.0886. The van der Waals surface area contributed by atoms with Crippen molar-refractivity contribution in [3.8, 4) is 78.9 Å². The largest absolute Gasteiger partial charge is 0.336 e. The Labute approximate surface area is 392 Å². The third-order valence-corrected chi connectivity index (χ3v) is 13.4. The minimum absolute atomic E-state index is 0.139. The van der Waals surface area contributed by atoms with Gasteiger partial charge >= 0.3 is 0 Å². The molecular formula is C50H35F2N13OS2. The Balaban J connectivity index is 1.02. The van der Waals surface area contributed by atoms with Crippen LogP contribution in [0.3, 0.4) is 0 Å². The number of carbonyl (C=O) groups is 1. The normalized spacial score (nSPS) is 11.9. The molecule has 10 aromatic heterocycles. The third-order valence-electron chi connectivity index (χ3n) is 12.0. The van der Waals surface area contributed by atoms with Gasteiger partial charge in [-0.2, -0.15) is 32.9 Å². The maximum absolute atomic E-state index is 17.6. The molecule has 5 N–H and O–H groups in total. The molecule has 0 bridgehead atoms. The van der Waals surface area contributed by atoms with E-state index >= 15 is 8.78 Å². The number of aryl methyl sites for hydroxylation is 1. The lowest BCUT2D eigenvalue weighted by atomic mass is 9.93. The van der Waals surface area contributed by atoms with Gasteiger partial charge in [-0.25, -0.2) is 18.7 Å². The zero-order valence-electron chi connectivity index (χ0n) is 36.2. The number of thiophene rings is 2. The lowest BCUT2D eigenvalue weighted by molar-refractivity contribution is -0.116. The molecule has 0 saturated heterocycles. The van der Waals surface area contributed by atoms with Crippen molar-refractivity contribution < 1.29 is 13.6 Å². The summed E-state index contributed by atoms with van der Waals surface area (Å²) in [6, 6.07) is 14.4. The molecule has 0 fully saturated rings. The van der Waals surface area contributed by atoms with Gasteiger partial charge in [-0.1, -0.05) is 13.8 Å². The first-order chi connectivity index (χ1) is 33.2. The molecule has 0 aliphatic rings. The van der Waals surface area contributed by atoms with Crippen molar-refractivity contribution in [3.05, 3.63) is 124 Å². The van der Waals surface area contributed by atoms with Crippen molar-refractivity contribution in [2.75, 3.05) is 5.32 Å². The van der Waals surface area contributed by atoms with E-state index in [1.165, 1.54) is 17.5 Å². The number of anilines is 1. The number of hydrogen-bond acceptors (Lipinski definition) is 11. The van der Waals surface area contributed by atoms with Crippen LogP contribution in [0.2, 0.25) is 0 Å². The lowest BCUT2D eigenvalue weighted by Gasteiger charge is -2.13. The first-order valence-electron chi connectivity index (χ1n) is 21.5. The predicted molar refractivity (Wildman–Crippen MR) is 263 cm³/mol. The Morgan fingerprint density at radius 1 is 0.647 bits per heavy atom. The predicted octanol–water partition coefficient (Wildman–Crippen LogP) is 12.1. The Bertz CT molecular complexity index is 3940. The van der Waals surface area contributed by atoms with E-state index in [4.69, 9.17) is 20.1 Å². The van der Waals surface area contributed by atoms with Crippen LogP contribution in [0.15, 0.2) is 107 Å². The highest BCUT2D eigenvalue weighted by Gasteiger charge is 2.27. The Kier molecular flexibility index (Phi) is 9.80. The SMILES string of the molecule is Cc1ccncc1-c1ccc2[nH]nc(-c3nc4c(-c5cscc5-c5cc(-c6cncc(NC(=O)CC(C)C)c6)c(F)c6c(-c7nc8c(-c9ccsc9)nccc8[nH]7)n[nH]c56)nccc4[nH]3)c2c1F. The first kappa shape index (κ1) is 41.1.